The highest BCUT2D eigenvalue weighted by Crippen LogP contribution is 2.75. The summed E-state index contributed by atoms with van der Waals surface area (Å²) in [4.78, 5) is 42.5. The van der Waals surface area contributed by atoms with Gasteiger partial charge in [0, 0.05) is 16.9 Å². The van der Waals surface area contributed by atoms with Gasteiger partial charge in [-0.05, 0) is 203 Å². The Labute approximate surface area is 810 Å². The highest BCUT2D eigenvalue weighted by Gasteiger charge is 2.73. The van der Waals surface area contributed by atoms with Crippen molar-refractivity contribution in [2.75, 3.05) is 19.8 Å². The first-order chi connectivity index (χ1) is 63.5. The molecular formula is C108H159IN2O20Si2. The van der Waals surface area contributed by atoms with Gasteiger partial charge in [-0.2, -0.15) is 0 Å². The highest BCUT2D eigenvalue weighted by molar-refractivity contribution is 14.1. The highest BCUT2D eigenvalue weighted by atomic mass is 127. The number of hydrogen-bond acceptors (Lipinski definition) is 20. The van der Waals surface area contributed by atoms with Crippen LogP contribution in [-0.2, 0) is 118 Å². The Morgan fingerprint density at radius 2 is 1.11 bits per heavy atom. The molecule has 25 heteroatoms. The summed E-state index contributed by atoms with van der Waals surface area (Å²) in [6.07, 6.45) is -4.16. The van der Waals surface area contributed by atoms with Crippen LogP contribution in [0.15, 0.2) is 163 Å². The number of aliphatic hydroxyl groups excluding tert-OH is 1. The van der Waals surface area contributed by atoms with Crippen molar-refractivity contribution in [1.82, 2.24) is 10.6 Å². The second-order valence-electron chi connectivity index (χ2n) is 42.9. The van der Waals surface area contributed by atoms with E-state index in [0.29, 0.717) is 51.7 Å². The minimum absolute atomic E-state index is 0.0434. The molecule has 8 aliphatic rings. The number of aliphatic hydroxyl groups is 1. The summed E-state index contributed by atoms with van der Waals surface area (Å²) >= 11 is 2.72. The number of alkyl halides is 1. The largest absolute Gasteiger partial charge is 0.444 e. The van der Waals surface area contributed by atoms with Crippen LogP contribution in [0.2, 0.25) is 36.3 Å². The number of benzene rings is 5. The predicted octanol–water partition coefficient (Wildman–Crippen LogP) is 21.7. The summed E-state index contributed by atoms with van der Waals surface area (Å²) in [6, 6.07) is 54.6. The maximum atomic E-state index is 15.4. The molecule has 13 rings (SSSR count). The minimum Gasteiger partial charge on any atom is -0.444 e. The van der Waals surface area contributed by atoms with Crippen LogP contribution in [0, 0.1) is 44.3 Å². The van der Waals surface area contributed by atoms with E-state index in [1.165, 1.54) is 11.9 Å². The smallest absolute Gasteiger partial charge is 0.407 e. The molecule has 2 amide bonds. The van der Waals surface area contributed by atoms with E-state index in [4.69, 9.17) is 75.2 Å². The summed E-state index contributed by atoms with van der Waals surface area (Å²) in [5.41, 5.74) is 2.34. The first-order valence-electron chi connectivity index (χ1n) is 50.1. The van der Waals surface area contributed by atoms with Gasteiger partial charge in [0.1, 0.15) is 66.8 Å². The van der Waals surface area contributed by atoms with Crippen LogP contribution < -0.4 is 10.6 Å². The second-order valence-corrected chi connectivity index (χ2v) is 53.6. The van der Waals surface area contributed by atoms with Crippen molar-refractivity contribution in [1.29, 1.82) is 0 Å². The molecule has 4 heterocycles. The lowest BCUT2D eigenvalue weighted by Crippen LogP contribution is -2.71. The number of allylic oxidation sites excluding steroid dienone is 2. The van der Waals surface area contributed by atoms with Gasteiger partial charge >= 0.3 is 6.09 Å². The lowest BCUT2D eigenvalue weighted by atomic mass is 9.35. The first-order valence-corrected chi connectivity index (χ1v) is 56.4. The Balaban J connectivity index is 0.909. The van der Waals surface area contributed by atoms with Crippen LogP contribution in [0.25, 0.3) is 0 Å². The second kappa shape index (κ2) is 45.6. The molecule has 25 atom stereocenters. The Kier molecular flexibility index (Phi) is 36.0. The lowest BCUT2D eigenvalue weighted by Gasteiger charge is -2.71. The molecule has 3 saturated carbocycles. The van der Waals surface area contributed by atoms with Crippen molar-refractivity contribution in [3.05, 3.63) is 191 Å². The molecule has 4 saturated heterocycles. The van der Waals surface area contributed by atoms with Crippen molar-refractivity contribution in [3.63, 3.8) is 0 Å². The van der Waals surface area contributed by atoms with E-state index in [0.717, 1.165) is 96.2 Å². The normalized spacial score (nSPS) is 33.6. The van der Waals surface area contributed by atoms with E-state index in [1.807, 2.05) is 193 Å². The molecular weight excluding hydrogens is 1830 g/mol. The van der Waals surface area contributed by atoms with Crippen molar-refractivity contribution >= 4 is 57.5 Å². The monoisotopic (exact) mass is 1990 g/mol. The molecule has 736 valence electrons. The van der Waals surface area contributed by atoms with Gasteiger partial charge in [0.15, 0.2) is 47.6 Å². The van der Waals surface area contributed by atoms with E-state index >= 15 is 9.90 Å². The average Bonchev–Trinajstić information content (AvgIpc) is 0.738. The number of rotatable bonds is 43. The van der Waals surface area contributed by atoms with Gasteiger partial charge in [0.2, 0.25) is 5.91 Å². The molecule has 7 fully saturated rings. The maximum absolute atomic E-state index is 15.4. The van der Waals surface area contributed by atoms with Crippen molar-refractivity contribution in [2.45, 2.75) is 398 Å². The van der Waals surface area contributed by atoms with E-state index in [1.54, 1.807) is 0 Å². The number of fused-ring (bicyclic) bond motifs is 6. The van der Waals surface area contributed by atoms with Crippen LogP contribution >= 0.6 is 22.6 Å². The number of ether oxygens (including phenoxy) is 14. The maximum Gasteiger partial charge on any atom is 0.407 e. The zero-order valence-corrected chi connectivity index (χ0v) is 87.3. The van der Waals surface area contributed by atoms with Crippen LogP contribution in [-0.4, -0.2) is 180 Å². The molecule has 4 aliphatic heterocycles. The van der Waals surface area contributed by atoms with E-state index in [9.17, 15) is 9.59 Å². The number of unbranched alkanes of at least 4 members (excludes halogenated alkanes) is 2. The molecule has 22 nitrogen and oxygen atoms in total. The predicted molar refractivity (Wildman–Crippen MR) is 529 cm³/mol. The number of nitrogens with one attached hydrogen (secondary N) is 2. The van der Waals surface area contributed by atoms with Crippen LogP contribution in [0.5, 0.6) is 0 Å². The fourth-order valence-corrected chi connectivity index (χ4v) is 31.4. The quantitative estimate of drug-likeness (QED) is 0.00625. The first kappa shape index (κ1) is 105. The van der Waals surface area contributed by atoms with Crippen LogP contribution in [0.3, 0.4) is 0 Å². The van der Waals surface area contributed by atoms with Crippen molar-refractivity contribution in [3.8, 4) is 0 Å². The van der Waals surface area contributed by atoms with Crippen LogP contribution in [0.4, 0.5) is 4.79 Å². The Hall–Kier alpha value is -5.23. The van der Waals surface area contributed by atoms with E-state index in [2.05, 4.69) is 129 Å². The van der Waals surface area contributed by atoms with Crippen molar-refractivity contribution in [2.24, 2.45) is 44.3 Å². The van der Waals surface area contributed by atoms with E-state index in [-0.39, 0.29) is 90.1 Å². The molecule has 18 unspecified atom stereocenters. The number of alkyl carbamates (subject to hydrolysis) is 1. The summed E-state index contributed by atoms with van der Waals surface area (Å²) < 4.78 is 116. The number of amides is 2. The molecule has 133 heavy (non-hydrogen) atoms. The third-order valence-electron chi connectivity index (χ3n) is 31.9. The third kappa shape index (κ3) is 24.3. The average molecular weight is 1990 g/mol. The standard InChI is InChI=1S/C108H159IN2O20Si2/c1-20-132(21-2,22-3)130-84-58-59-104(16)82(105(84,17)72-112)57-60-106(18)83(104)56-55-79-95(109)108(62-61-101(8,9)10,85(64-107(79,106)19)131-133(23-4,24-5)25-6)99(114)126-97-93(90(119-68-77-50-38-29-39-51-77)87(80(123-97)70-116-65-74-44-32-26-33-45-74)111-86(113)54-42-31-43-63-110-100(115)129-102(11,12)13)125-98-94-91(127-103(14,15)128-94)88(73(7)122-98)124-96-92(120-69-78-52-40-30-41-53-78)89(118-67-76-48-36-28-37-49-76)81(71-121-96)117-66-75-46-34-27-35-47-75/h26-30,32-41,44-53,55,72-73,80-85,87-99,114H,20-25,31,42-43,54,56-71H2,1-19H3,(H,110,115)(H,111,113)/t73?,80?,81-,82?,83?,84?,85?,87+,88+,89?,90?,91?,92?,93?,94?,95?,96+,97+,98+,99?,104?,105?,106?,107?,108+/m1/s1. The van der Waals surface area contributed by atoms with Gasteiger partial charge in [-0.25, -0.2) is 4.79 Å². The van der Waals surface area contributed by atoms with Gasteiger partial charge in [-0.1, -0.05) is 282 Å². The van der Waals surface area contributed by atoms with Gasteiger partial charge in [-0.3, -0.25) is 4.79 Å². The molecule has 0 spiro atoms. The van der Waals surface area contributed by atoms with Crippen LogP contribution in [0.1, 0.15) is 236 Å². The molecule has 5 aromatic carbocycles. The molecule has 5 aromatic rings. The Morgan fingerprint density at radius 1 is 0.586 bits per heavy atom. The number of carbonyl (C=O) groups is 3. The number of halogens is 1. The Bertz CT molecular complexity index is 4470. The van der Waals surface area contributed by atoms with Gasteiger partial charge in [0.05, 0.1) is 81.4 Å². The topological polar surface area (TPSA) is 243 Å². The molecule has 3 N–H and O–H groups in total. The zero-order chi connectivity index (χ0) is 95.4. The number of carbonyl (C=O) groups excluding carboxylic acids is 3. The lowest BCUT2D eigenvalue weighted by molar-refractivity contribution is -0.386. The minimum atomic E-state index is -2.65. The fraction of sp³-hybridized carbons (Fsp3) is 0.676. The summed E-state index contributed by atoms with van der Waals surface area (Å²) in [5, 5.41) is 21.4. The van der Waals surface area contributed by atoms with Gasteiger partial charge in [-0.15, -0.1) is 0 Å². The molecule has 0 bridgehead atoms. The molecule has 0 aromatic heterocycles. The van der Waals surface area contributed by atoms with Crippen molar-refractivity contribution < 1.29 is 94.7 Å². The summed E-state index contributed by atoms with van der Waals surface area (Å²) in [5.74, 6) is -1.20. The summed E-state index contributed by atoms with van der Waals surface area (Å²) in [7, 11) is -4.75. The third-order valence-corrected chi connectivity index (χ3v) is 43.0. The van der Waals surface area contributed by atoms with Gasteiger partial charge < -0.3 is 95.7 Å². The number of hydrogen-bond donors (Lipinski definition) is 3. The Morgan fingerprint density at radius 3 is 1.65 bits per heavy atom. The number of aldehydes is 1. The fourth-order valence-electron chi connectivity index (χ4n) is 23.5. The summed E-state index contributed by atoms with van der Waals surface area (Å²) in [6.45, 7) is 43.0. The zero-order valence-electron chi connectivity index (χ0n) is 83.1. The SMILES string of the molecule is CC[Si](CC)(CC)OC1CCC2(C)C(CCC3(C)C2CC=C2C(I)[C@@](CCC(C)(C)C)(C(O)O[C@@H]4OC(COCc5ccccc5)[C@H](NC(=O)CCCCCNC(=O)OC(C)(C)C)C(OCc5ccccc5)C4O[C@@H]4OC(C)[C@H](O[C@@H]5OC[C@@H](OCc6ccccc6)C(OCc6ccccc6)C5OCc5ccccc5)C5OC(C)(C)OC54)C(O[Si](CC)(CC)CC)CC23C)C1(C)C=O. The molecule has 4 aliphatic carbocycles. The van der Waals surface area contributed by atoms with Gasteiger partial charge in [0.25, 0.3) is 0 Å². The molecule has 0 radical (unpaired) electrons. The van der Waals surface area contributed by atoms with E-state index < -0.39 is 149 Å².